The van der Waals surface area contributed by atoms with E-state index in [9.17, 15) is 4.79 Å². The summed E-state index contributed by atoms with van der Waals surface area (Å²) in [4.78, 5) is 15.1. The molecule has 2 aromatic rings. The Kier molecular flexibility index (Phi) is 6.40. The van der Waals surface area contributed by atoms with Crippen LogP contribution in [-0.2, 0) is 6.61 Å². The van der Waals surface area contributed by atoms with Crippen molar-refractivity contribution in [1.29, 1.82) is 0 Å². The molecule has 4 nitrogen and oxygen atoms in total. The van der Waals surface area contributed by atoms with E-state index in [0.717, 1.165) is 35.3 Å². The lowest BCUT2D eigenvalue weighted by Gasteiger charge is -2.36. The lowest BCUT2D eigenvalue weighted by atomic mass is 9.95. The topological polar surface area (TPSA) is 41.6 Å². The van der Waals surface area contributed by atoms with Gasteiger partial charge in [0, 0.05) is 17.6 Å². The zero-order valence-electron chi connectivity index (χ0n) is 17.5. The monoisotopic (exact) mass is 380 g/mol. The van der Waals surface area contributed by atoms with Gasteiger partial charge in [-0.2, -0.15) is 0 Å². The van der Waals surface area contributed by atoms with E-state index in [-0.39, 0.29) is 11.4 Å². The number of ether oxygens (including phenoxy) is 1. The summed E-state index contributed by atoms with van der Waals surface area (Å²) < 4.78 is 6.04. The highest BCUT2D eigenvalue weighted by molar-refractivity contribution is 5.95. The summed E-state index contributed by atoms with van der Waals surface area (Å²) in [5.74, 6) is 0.856. The normalized spacial score (nSPS) is 15.6. The molecule has 28 heavy (non-hydrogen) atoms. The van der Waals surface area contributed by atoms with E-state index in [4.69, 9.17) is 4.74 Å². The summed E-state index contributed by atoms with van der Waals surface area (Å²) in [6.07, 6.45) is 4.76. The molecule has 1 aliphatic rings. The lowest BCUT2D eigenvalue weighted by molar-refractivity contribution is 0.0899. The van der Waals surface area contributed by atoms with Crippen LogP contribution in [0.2, 0.25) is 0 Å². The largest absolute Gasteiger partial charge is 0.488 e. The Hall–Kier alpha value is -2.33. The maximum absolute atomic E-state index is 12.8. The number of hydrogen-bond acceptors (Lipinski definition) is 3. The van der Waals surface area contributed by atoms with E-state index in [2.05, 4.69) is 36.4 Å². The van der Waals surface area contributed by atoms with Crippen LogP contribution in [0.4, 0.5) is 0 Å². The van der Waals surface area contributed by atoms with Gasteiger partial charge in [-0.3, -0.25) is 4.79 Å². The molecule has 1 amide bonds. The zero-order chi connectivity index (χ0) is 20.1. The van der Waals surface area contributed by atoms with Crippen LogP contribution in [0.25, 0.3) is 0 Å². The van der Waals surface area contributed by atoms with Crippen LogP contribution < -0.4 is 10.1 Å². The van der Waals surface area contributed by atoms with E-state index in [1.54, 1.807) is 0 Å². The number of nitrogens with zero attached hydrogens (tertiary/aromatic N) is 1. The minimum Gasteiger partial charge on any atom is -0.488 e. The predicted octanol–water partition coefficient (Wildman–Crippen LogP) is 4.49. The Labute approximate surface area is 168 Å². The highest BCUT2D eigenvalue weighted by Gasteiger charge is 2.36. The Bertz CT molecular complexity index is 786. The van der Waals surface area contributed by atoms with Crippen LogP contribution in [0, 0.1) is 13.8 Å². The summed E-state index contributed by atoms with van der Waals surface area (Å²) in [6, 6.07) is 14.0. The van der Waals surface area contributed by atoms with Gasteiger partial charge in [0.2, 0.25) is 0 Å². The highest BCUT2D eigenvalue weighted by Crippen LogP contribution is 2.33. The lowest BCUT2D eigenvalue weighted by Crippen LogP contribution is -2.50. The van der Waals surface area contributed by atoms with Crippen molar-refractivity contribution in [2.24, 2.45) is 0 Å². The van der Waals surface area contributed by atoms with Crippen LogP contribution in [0.5, 0.6) is 5.75 Å². The summed E-state index contributed by atoms with van der Waals surface area (Å²) in [6.45, 7) is 5.23. The summed E-state index contributed by atoms with van der Waals surface area (Å²) in [5.41, 5.74) is 3.91. The van der Waals surface area contributed by atoms with E-state index >= 15 is 0 Å². The summed E-state index contributed by atoms with van der Waals surface area (Å²) >= 11 is 0. The van der Waals surface area contributed by atoms with Crippen LogP contribution in [0.15, 0.2) is 42.5 Å². The van der Waals surface area contributed by atoms with E-state index in [1.807, 2.05) is 44.2 Å². The first kappa shape index (κ1) is 20.4. The van der Waals surface area contributed by atoms with Crippen LogP contribution >= 0.6 is 0 Å². The molecule has 0 heterocycles. The zero-order valence-corrected chi connectivity index (χ0v) is 17.5. The van der Waals surface area contributed by atoms with Crippen molar-refractivity contribution in [2.75, 3.05) is 20.6 Å². The summed E-state index contributed by atoms with van der Waals surface area (Å²) in [5, 5.41) is 3.17. The van der Waals surface area contributed by atoms with Crippen molar-refractivity contribution >= 4 is 5.91 Å². The number of carbonyl (C=O) groups excluding carboxylic acids is 1. The number of rotatable bonds is 7. The van der Waals surface area contributed by atoms with Crippen molar-refractivity contribution in [3.8, 4) is 5.75 Å². The molecule has 0 aliphatic heterocycles. The molecular weight excluding hydrogens is 348 g/mol. The van der Waals surface area contributed by atoms with E-state index in [0.29, 0.717) is 18.7 Å². The molecule has 1 saturated carbocycles. The highest BCUT2D eigenvalue weighted by atomic mass is 16.5. The molecule has 1 fully saturated rings. The molecule has 0 radical (unpaired) electrons. The average molecular weight is 381 g/mol. The quantitative estimate of drug-likeness (QED) is 0.770. The molecule has 0 bridgehead atoms. The minimum absolute atomic E-state index is 0.00562. The fourth-order valence-corrected chi connectivity index (χ4v) is 4.20. The Balaban J connectivity index is 1.66. The van der Waals surface area contributed by atoms with Crippen molar-refractivity contribution < 1.29 is 9.53 Å². The number of amides is 1. The van der Waals surface area contributed by atoms with Crippen LogP contribution in [-0.4, -0.2) is 37.0 Å². The van der Waals surface area contributed by atoms with E-state index in [1.165, 1.54) is 12.8 Å². The number of likely N-dealkylation sites (N-methyl/N-ethyl adjacent to an activating group) is 1. The summed E-state index contributed by atoms with van der Waals surface area (Å²) in [7, 11) is 4.23. The van der Waals surface area contributed by atoms with E-state index < -0.39 is 0 Å². The maximum Gasteiger partial charge on any atom is 0.251 e. The van der Waals surface area contributed by atoms with Gasteiger partial charge in [0.15, 0.2) is 0 Å². The van der Waals surface area contributed by atoms with Crippen molar-refractivity contribution in [3.63, 3.8) is 0 Å². The van der Waals surface area contributed by atoms with Gasteiger partial charge >= 0.3 is 0 Å². The number of carbonyl (C=O) groups is 1. The van der Waals surface area contributed by atoms with Gasteiger partial charge in [0.1, 0.15) is 12.4 Å². The Morgan fingerprint density at radius 3 is 2.25 bits per heavy atom. The number of aryl methyl sites for hydroxylation is 2. The number of nitrogens with one attached hydrogen (secondary N) is 1. The number of hydrogen-bond donors (Lipinski definition) is 1. The van der Waals surface area contributed by atoms with Gasteiger partial charge in [-0.05, 0) is 69.6 Å². The molecule has 0 atom stereocenters. The standard InChI is InChI=1S/C24H32N2O2/c1-18-14-21(23(27)25-17-24(26(3)4)12-8-9-13-24)15-19(2)22(18)28-16-20-10-6-5-7-11-20/h5-7,10-11,14-15H,8-9,12-13,16-17H2,1-4H3,(H,25,27). The van der Waals surface area contributed by atoms with Crippen molar-refractivity contribution in [2.45, 2.75) is 51.7 Å². The minimum atomic E-state index is -0.00562. The molecule has 3 rings (SSSR count). The third kappa shape index (κ3) is 4.56. The third-order valence-electron chi connectivity index (χ3n) is 6.01. The first-order valence-corrected chi connectivity index (χ1v) is 10.1. The average Bonchev–Trinajstić information content (AvgIpc) is 3.16. The van der Waals surface area contributed by atoms with Crippen molar-refractivity contribution in [3.05, 3.63) is 64.7 Å². The molecule has 0 spiro atoms. The van der Waals surface area contributed by atoms with Gasteiger partial charge in [-0.15, -0.1) is 0 Å². The predicted molar refractivity (Wildman–Crippen MR) is 114 cm³/mol. The molecule has 4 heteroatoms. The second kappa shape index (κ2) is 8.78. The molecule has 0 aromatic heterocycles. The maximum atomic E-state index is 12.8. The molecule has 0 saturated heterocycles. The fourth-order valence-electron chi connectivity index (χ4n) is 4.20. The van der Waals surface area contributed by atoms with Gasteiger partial charge in [0.25, 0.3) is 5.91 Å². The molecule has 150 valence electrons. The van der Waals surface area contributed by atoms with Gasteiger partial charge in [0.05, 0.1) is 0 Å². The second-order valence-electron chi connectivity index (χ2n) is 8.22. The Morgan fingerprint density at radius 2 is 1.68 bits per heavy atom. The molecule has 1 aliphatic carbocycles. The number of benzene rings is 2. The van der Waals surface area contributed by atoms with Gasteiger partial charge < -0.3 is 15.0 Å². The first-order valence-electron chi connectivity index (χ1n) is 10.1. The molecule has 1 N–H and O–H groups in total. The Morgan fingerprint density at radius 1 is 1.07 bits per heavy atom. The second-order valence-corrected chi connectivity index (χ2v) is 8.22. The SMILES string of the molecule is Cc1cc(C(=O)NCC2(N(C)C)CCCC2)cc(C)c1OCc1ccccc1. The van der Waals surface area contributed by atoms with Crippen molar-refractivity contribution in [1.82, 2.24) is 10.2 Å². The first-order chi connectivity index (χ1) is 13.4. The van der Waals surface area contributed by atoms with Crippen LogP contribution in [0.3, 0.4) is 0 Å². The molecular formula is C24H32N2O2. The third-order valence-corrected chi connectivity index (χ3v) is 6.01. The van der Waals surface area contributed by atoms with Gasteiger partial charge in [-0.25, -0.2) is 0 Å². The molecule has 2 aromatic carbocycles. The fraction of sp³-hybridized carbons (Fsp3) is 0.458. The van der Waals surface area contributed by atoms with Gasteiger partial charge in [-0.1, -0.05) is 43.2 Å². The molecule has 0 unspecified atom stereocenters. The smallest absolute Gasteiger partial charge is 0.251 e. The van der Waals surface area contributed by atoms with Crippen LogP contribution in [0.1, 0.15) is 52.7 Å².